The van der Waals surface area contributed by atoms with Crippen molar-refractivity contribution in [2.24, 2.45) is 0 Å². The highest BCUT2D eigenvalue weighted by Crippen LogP contribution is 2.31. The molecule has 0 aromatic heterocycles. The number of benzene rings is 2. The van der Waals surface area contributed by atoms with Crippen molar-refractivity contribution in [3.8, 4) is 11.5 Å². The summed E-state index contributed by atoms with van der Waals surface area (Å²) in [5.41, 5.74) is -1.22. The second-order valence-corrected chi connectivity index (χ2v) is 4.97. The minimum Gasteiger partial charge on any atom is -0.496 e. The van der Waals surface area contributed by atoms with Gasteiger partial charge in [0.1, 0.15) is 5.75 Å². The highest BCUT2D eigenvalue weighted by Gasteiger charge is 2.30. The number of hydrogen-bond acceptors (Lipinski definition) is 5. The summed E-state index contributed by atoms with van der Waals surface area (Å²) in [5.74, 6) is -1.08. The van der Waals surface area contributed by atoms with Gasteiger partial charge in [-0.15, -0.1) is 0 Å². The fourth-order valence-corrected chi connectivity index (χ4v) is 1.98. The Morgan fingerprint density at radius 1 is 1.19 bits per heavy atom. The minimum atomic E-state index is -4.51. The molecular weight excluding hydrogens is 355 g/mol. The summed E-state index contributed by atoms with van der Waals surface area (Å²) in [6, 6.07) is 7.96. The molecule has 0 bridgehead atoms. The maximum Gasteiger partial charge on any atom is 0.416 e. The maximum absolute atomic E-state index is 12.6. The molecule has 0 amide bonds. The van der Waals surface area contributed by atoms with Gasteiger partial charge < -0.3 is 9.47 Å². The van der Waals surface area contributed by atoms with Crippen molar-refractivity contribution in [3.63, 3.8) is 0 Å². The van der Waals surface area contributed by atoms with Gasteiger partial charge in [0.15, 0.2) is 0 Å². The second kappa shape index (κ2) is 7.68. The molecule has 0 saturated heterocycles. The predicted molar refractivity (Wildman–Crippen MR) is 85.8 cm³/mol. The van der Waals surface area contributed by atoms with Crippen LogP contribution in [0.5, 0.6) is 11.5 Å². The van der Waals surface area contributed by atoms with E-state index < -0.39 is 28.3 Å². The van der Waals surface area contributed by atoms with Gasteiger partial charge in [-0.25, -0.2) is 4.79 Å². The molecule has 0 fully saturated rings. The van der Waals surface area contributed by atoms with Crippen molar-refractivity contribution in [1.29, 1.82) is 0 Å². The lowest BCUT2D eigenvalue weighted by atomic mass is 10.1. The largest absolute Gasteiger partial charge is 0.496 e. The summed E-state index contributed by atoms with van der Waals surface area (Å²) >= 11 is 0. The van der Waals surface area contributed by atoms with Gasteiger partial charge in [0.05, 0.1) is 23.7 Å². The normalized spacial score (nSPS) is 11.4. The molecule has 0 aliphatic heterocycles. The molecule has 0 N–H and O–H groups in total. The Balaban J connectivity index is 2.17. The molecule has 0 radical (unpaired) electrons. The van der Waals surface area contributed by atoms with Gasteiger partial charge >= 0.3 is 17.8 Å². The Bertz CT molecular complexity index is 862. The van der Waals surface area contributed by atoms with E-state index in [1.54, 1.807) is 0 Å². The lowest BCUT2D eigenvalue weighted by molar-refractivity contribution is -0.385. The molecule has 0 aliphatic carbocycles. The number of ether oxygens (including phenoxy) is 2. The van der Waals surface area contributed by atoms with Gasteiger partial charge in [-0.2, -0.15) is 13.2 Å². The van der Waals surface area contributed by atoms with Crippen LogP contribution >= 0.6 is 0 Å². The lowest BCUT2D eigenvalue weighted by Gasteiger charge is -2.07. The summed E-state index contributed by atoms with van der Waals surface area (Å²) in [6.07, 6.45) is -2.51. The number of nitro groups is 1. The first-order valence-corrected chi connectivity index (χ1v) is 7.10. The van der Waals surface area contributed by atoms with Gasteiger partial charge in [0.25, 0.3) is 0 Å². The zero-order valence-corrected chi connectivity index (χ0v) is 13.3. The van der Waals surface area contributed by atoms with Gasteiger partial charge in [-0.05, 0) is 35.9 Å². The van der Waals surface area contributed by atoms with E-state index in [4.69, 9.17) is 9.47 Å². The Morgan fingerprint density at radius 2 is 1.92 bits per heavy atom. The van der Waals surface area contributed by atoms with E-state index in [-0.39, 0.29) is 17.1 Å². The zero-order valence-electron chi connectivity index (χ0n) is 13.3. The molecule has 136 valence electrons. The Kier molecular flexibility index (Phi) is 5.61. The number of carbonyl (C=O) groups excluding carboxylic acids is 1. The monoisotopic (exact) mass is 367 g/mol. The van der Waals surface area contributed by atoms with Crippen molar-refractivity contribution in [2.75, 3.05) is 7.11 Å². The lowest BCUT2D eigenvalue weighted by Crippen LogP contribution is -2.06. The zero-order chi connectivity index (χ0) is 19.3. The van der Waals surface area contributed by atoms with Crippen molar-refractivity contribution < 1.29 is 32.4 Å². The first-order chi connectivity index (χ1) is 12.2. The van der Waals surface area contributed by atoms with Crippen molar-refractivity contribution >= 4 is 17.7 Å². The van der Waals surface area contributed by atoms with Crippen LogP contribution in [0.15, 0.2) is 48.5 Å². The van der Waals surface area contributed by atoms with Crippen LogP contribution in [0.1, 0.15) is 11.1 Å². The molecule has 2 aromatic carbocycles. The van der Waals surface area contributed by atoms with Gasteiger partial charge in [0, 0.05) is 6.08 Å². The van der Waals surface area contributed by atoms with Crippen LogP contribution < -0.4 is 9.47 Å². The number of carbonyl (C=O) groups is 1. The fraction of sp³-hybridized carbons (Fsp3) is 0.118. The van der Waals surface area contributed by atoms with E-state index in [0.717, 1.165) is 30.4 Å². The van der Waals surface area contributed by atoms with Crippen LogP contribution in [0, 0.1) is 10.1 Å². The number of hydrogen-bond donors (Lipinski definition) is 0. The molecule has 0 heterocycles. The molecule has 2 aromatic rings. The smallest absolute Gasteiger partial charge is 0.416 e. The maximum atomic E-state index is 12.6. The van der Waals surface area contributed by atoms with E-state index in [0.29, 0.717) is 0 Å². The number of alkyl halides is 3. The quantitative estimate of drug-likeness (QED) is 0.260. The molecule has 9 heteroatoms. The standard InChI is InChI=1S/C17H12F3NO5/c1-25-13-6-7-15(14(10-13)21(23)24)26-16(22)8-5-11-3-2-4-12(9-11)17(18,19)20/h2-10H,1H3. The van der Waals surface area contributed by atoms with E-state index in [1.807, 2.05) is 0 Å². The van der Waals surface area contributed by atoms with Crippen LogP contribution in [0.2, 0.25) is 0 Å². The van der Waals surface area contributed by atoms with Gasteiger partial charge in [-0.1, -0.05) is 12.1 Å². The highest BCUT2D eigenvalue weighted by atomic mass is 19.4. The SMILES string of the molecule is COc1ccc(OC(=O)C=Cc2cccc(C(F)(F)F)c2)c([N+](=O)[O-])c1. The number of methoxy groups -OCH3 is 1. The third kappa shape index (κ3) is 4.82. The van der Waals surface area contributed by atoms with E-state index >= 15 is 0 Å². The van der Waals surface area contributed by atoms with E-state index in [2.05, 4.69) is 0 Å². The average molecular weight is 367 g/mol. The summed E-state index contributed by atoms with van der Waals surface area (Å²) < 4.78 is 47.7. The predicted octanol–water partition coefficient (Wildman–Crippen LogP) is 4.24. The number of halogens is 3. The Morgan fingerprint density at radius 3 is 2.54 bits per heavy atom. The fourth-order valence-electron chi connectivity index (χ4n) is 1.98. The van der Waals surface area contributed by atoms with Crippen molar-refractivity contribution in [2.45, 2.75) is 6.18 Å². The van der Waals surface area contributed by atoms with E-state index in [9.17, 15) is 28.1 Å². The first kappa shape index (κ1) is 19.0. The number of esters is 1. The van der Waals surface area contributed by atoms with Crippen LogP contribution in [-0.4, -0.2) is 18.0 Å². The molecule has 0 unspecified atom stereocenters. The average Bonchev–Trinajstić information content (AvgIpc) is 2.59. The second-order valence-electron chi connectivity index (χ2n) is 4.97. The van der Waals surface area contributed by atoms with Crippen LogP contribution in [0.25, 0.3) is 6.08 Å². The summed E-state index contributed by atoms with van der Waals surface area (Å²) in [6.45, 7) is 0. The molecule has 6 nitrogen and oxygen atoms in total. The third-order valence-corrected chi connectivity index (χ3v) is 3.20. The van der Waals surface area contributed by atoms with Crippen LogP contribution in [0.3, 0.4) is 0 Å². The van der Waals surface area contributed by atoms with Crippen molar-refractivity contribution in [1.82, 2.24) is 0 Å². The molecule has 0 spiro atoms. The summed E-state index contributed by atoms with van der Waals surface area (Å²) in [4.78, 5) is 22.1. The van der Waals surface area contributed by atoms with Crippen molar-refractivity contribution in [3.05, 3.63) is 69.8 Å². The molecule has 2 rings (SSSR count). The highest BCUT2D eigenvalue weighted by molar-refractivity contribution is 5.89. The Hall–Kier alpha value is -3.36. The molecule has 26 heavy (non-hydrogen) atoms. The van der Waals surface area contributed by atoms with Gasteiger partial charge in [-0.3, -0.25) is 10.1 Å². The van der Waals surface area contributed by atoms with Gasteiger partial charge in [0.2, 0.25) is 5.75 Å². The van der Waals surface area contributed by atoms with E-state index in [1.165, 1.54) is 31.4 Å². The minimum absolute atomic E-state index is 0.126. The van der Waals surface area contributed by atoms with Crippen LogP contribution in [0.4, 0.5) is 18.9 Å². The third-order valence-electron chi connectivity index (χ3n) is 3.20. The number of nitrogens with zero attached hydrogens (tertiary/aromatic N) is 1. The number of rotatable bonds is 5. The molecule has 0 saturated carbocycles. The molecular formula is C17H12F3NO5. The summed E-state index contributed by atoms with van der Waals surface area (Å²) in [5, 5.41) is 11.0. The summed E-state index contributed by atoms with van der Waals surface area (Å²) in [7, 11) is 1.32. The topological polar surface area (TPSA) is 78.7 Å². The first-order valence-electron chi connectivity index (χ1n) is 7.10. The van der Waals surface area contributed by atoms with Crippen LogP contribution in [-0.2, 0) is 11.0 Å². The molecule has 0 aliphatic rings. The Labute approximate surface area is 145 Å². The number of nitro benzene ring substituents is 1. The molecule has 0 atom stereocenters.